The van der Waals surface area contributed by atoms with Crippen LogP contribution in [-0.2, 0) is 9.53 Å². The molecule has 2 amide bonds. The largest absolute Gasteiger partial charge is 0.493 e. The fraction of sp³-hybridized carbons (Fsp3) is 0.333. The van der Waals surface area contributed by atoms with Crippen molar-refractivity contribution in [2.45, 2.75) is 11.3 Å². The zero-order valence-corrected chi connectivity index (χ0v) is 17.6. The summed E-state index contributed by atoms with van der Waals surface area (Å²) in [5.74, 6) is 0.994. The summed E-state index contributed by atoms with van der Waals surface area (Å²) < 4.78 is 15.5. The van der Waals surface area contributed by atoms with E-state index in [9.17, 15) is 9.59 Å². The molecular weight excluding hydrogens is 392 g/mol. The first-order chi connectivity index (χ1) is 14.1. The second kappa shape index (κ2) is 12.0. The van der Waals surface area contributed by atoms with Crippen molar-refractivity contribution in [2.24, 2.45) is 0 Å². The van der Waals surface area contributed by atoms with Crippen LogP contribution < -0.4 is 20.1 Å². The molecule has 0 fully saturated rings. The van der Waals surface area contributed by atoms with E-state index in [1.54, 1.807) is 51.7 Å². The zero-order valence-electron chi connectivity index (χ0n) is 16.8. The van der Waals surface area contributed by atoms with Gasteiger partial charge in [-0.2, -0.15) is 0 Å². The van der Waals surface area contributed by atoms with Gasteiger partial charge in [-0.15, -0.1) is 11.8 Å². The Hall–Kier alpha value is -2.71. The number of thioether (sulfide) groups is 1. The molecule has 0 atom stereocenters. The van der Waals surface area contributed by atoms with E-state index in [-0.39, 0.29) is 17.6 Å². The highest BCUT2D eigenvalue weighted by Crippen LogP contribution is 2.31. The van der Waals surface area contributed by atoms with E-state index in [1.165, 1.54) is 11.8 Å². The van der Waals surface area contributed by atoms with Crippen LogP contribution in [-0.4, -0.2) is 52.0 Å². The summed E-state index contributed by atoms with van der Waals surface area (Å²) in [4.78, 5) is 25.7. The molecule has 8 heteroatoms. The van der Waals surface area contributed by atoms with Gasteiger partial charge in [0.15, 0.2) is 11.5 Å². The summed E-state index contributed by atoms with van der Waals surface area (Å²) >= 11 is 1.37. The topological polar surface area (TPSA) is 85.9 Å². The van der Waals surface area contributed by atoms with Gasteiger partial charge in [0.1, 0.15) is 0 Å². The van der Waals surface area contributed by atoms with Crippen molar-refractivity contribution >= 4 is 29.3 Å². The highest BCUT2D eigenvalue weighted by atomic mass is 32.2. The molecule has 0 saturated carbocycles. The Morgan fingerprint density at radius 1 is 1.00 bits per heavy atom. The fourth-order valence-corrected chi connectivity index (χ4v) is 3.27. The molecule has 0 spiro atoms. The Morgan fingerprint density at radius 2 is 1.76 bits per heavy atom. The van der Waals surface area contributed by atoms with Gasteiger partial charge in [0.05, 0.1) is 31.2 Å². The minimum Gasteiger partial charge on any atom is -0.493 e. The smallest absolute Gasteiger partial charge is 0.253 e. The zero-order chi connectivity index (χ0) is 21.1. The molecule has 2 N–H and O–H groups in total. The van der Waals surface area contributed by atoms with Crippen LogP contribution in [0.15, 0.2) is 47.4 Å². The van der Waals surface area contributed by atoms with Crippen LogP contribution in [0.3, 0.4) is 0 Å². The van der Waals surface area contributed by atoms with Crippen molar-refractivity contribution in [3.63, 3.8) is 0 Å². The first kappa shape index (κ1) is 22.6. The molecule has 0 unspecified atom stereocenters. The van der Waals surface area contributed by atoms with Gasteiger partial charge in [-0.25, -0.2) is 0 Å². The Kier molecular flexibility index (Phi) is 9.33. The molecule has 156 valence electrons. The van der Waals surface area contributed by atoms with Gasteiger partial charge in [-0.05, 0) is 36.8 Å². The molecule has 2 rings (SSSR count). The average molecular weight is 419 g/mol. The third-order valence-electron chi connectivity index (χ3n) is 3.98. The predicted molar refractivity (Wildman–Crippen MR) is 114 cm³/mol. The molecule has 0 aromatic heterocycles. The van der Waals surface area contributed by atoms with E-state index in [4.69, 9.17) is 14.2 Å². The maximum Gasteiger partial charge on any atom is 0.253 e. The van der Waals surface area contributed by atoms with Gasteiger partial charge in [-0.3, -0.25) is 9.59 Å². The van der Waals surface area contributed by atoms with E-state index >= 15 is 0 Å². The number of carbonyl (C=O) groups excluding carboxylic acids is 2. The van der Waals surface area contributed by atoms with Gasteiger partial charge in [-0.1, -0.05) is 12.1 Å². The number of ether oxygens (including phenoxy) is 3. The van der Waals surface area contributed by atoms with E-state index in [0.717, 1.165) is 11.3 Å². The molecule has 2 aromatic carbocycles. The first-order valence-electron chi connectivity index (χ1n) is 9.10. The van der Waals surface area contributed by atoms with Crippen molar-refractivity contribution in [1.82, 2.24) is 5.32 Å². The van der Waals surface area contributed by atoms with Crippen LogP contribution in [0.2, 0.25) is 0 Å². The number of nitrogens with one attached hydrogen (secondary N) is 2. The Morgan fingerprint density at radius 3 is 2.48 bits per heavy atom. The van der Waals surface area contributed by atoms with Crippen molar-refractivity contribution in [1.29, 1.82) is 0 Å². The number of hydrogen-bond donors (Lipinski definition) is 2. The lowest BCUT2D eigenvalue weighted by Gasteiger charge is -2.12. The maximum atomic E-state index is 12.4. The second-order valence-electron chi connectivity index (χ2n) is 6.00. The van der Waals surface area contributed by atoms with Crippen LogP contribution in [0.25, 0.3) is 0 Å². The standard InChI is InChI=1S/C21H26N2O5S/c1-26-12-6-11-22-21(25)16-7-4-5-8-17(16)23-20(24)14-29-15-9-10-18(27-2)19(13-15)28-3/h4-5,7-10,13H,6,11-12,14H2,1-3H3,(H,22,25)(H,23,24). The molecule has 0 aliphatic heterocycles. The molecule has 0 aliphatic rings. The molecule has 7 nitrogen and oxygen atoms in total. The number of amides is 2. The average Bonchev–Trinajstić information content (AvgIpc) is 2.75. The monoisotopic (exact) mass is 418 g/mol. The highest BCUT2D eigenvalue weighted by Gasteiger charge is 2.13. The Balaban J connectivity index is 1.94. The Bertz CT molecular complexity index is 828. The van der Waals surface area contributed by atoms with E-state index in [1.807, 2.05) is 12.1 Å². The normalized spacial score (nSPS) is 10.3. The summed E-state index contributed by atoms with van der Waals surface area (Å²) in [6.45, 7) is 1.08. The summed E-state index contributed by atoms with van der Waals surface area (Å²) in [6.07, 6.45) is 0.721. The minimum absolute atomic E-state index is 0.194. The van der Waals surface area contributed by atoms with Crippen LogP contribution in [0.5, 0.6) is 11.5 Å². The Labute approximate surface area is 175 Å². The quantitative estimate of drug-likeness (QED) is 0.431. The number of methoxy groups -OCH3 is 3. The number of hydrogen-bond acceptors (Lipinski definition) is 6. The number of para-hydroxylation sites is 1. The highest BCUT2D eigenvalue weighted by molar-refractivity contribution is 8.00. The summed E-state index contributed by atoms with van der Waals surface area (Å²) in [5, 5.41) is 5.64. The summed E-state index contributed by atoms with van der Waals surface area (Å²) in [5.41, 5.74) is 0.907. The van der Waals surface area contributed by atoms with Crippen molar-refractivity contribution in [2.75, 3.05) is 45.6 Å². The number of anilines is 1. The van der Waals surface area contributed by atoms with Crippen molar-refractivity contribution in [3.8, 4) is 11.5 Å². The van der Waals surface area contributed by atoms with Gasteiger partial charge in [0.2, 0.25) is 5.91 Å². The third kappa shape index (κ3) is 6.99. The summed E-state index contributed by atoms with van der Waals surface area (Å²) in [7, 11) is 4.76. The van der Waals surface area contributed by atoms with Crippen molar-refractivity contribution in [3.05, 3.63) is 48.0 Å². The summed E-state index contributed by atoms with van der Waals surface area (Å²) in [6, 6.07) is 12.4. The van der Waals surface area contributed by atoms with Gasteiger partial charge < -0.3 is 24.8 Å². The van der Waals surface area contributed by atoms with Crippen LogP contribution in [0.4, 0.5) is 5.69 Å². The lowest BCUT2D eigenvalue weighted by molar-refractivity contribution is -0.113. The predicted octanol–water partition coefficient (Wildman–Crippen LogP) is 3.20. The lowest BCUT2D eigenvalue weighted by atomic mass is 10.1. The van der Waals surface area contributed by atoms with Gasteiger partial charge >= 0.3 is 0 Å². The van der Waals surface area contributed by atoms with Crippen LogP contribution in [0, 0.1) is 0 Å². The number of benzene rings is 2. The number of rotatable bonds is 11. The van der Waals surface area contributed by atoms with Gasteiger partial charge in [0, 0.05) is 25.2 Å². The minimum atomic E-state index is -0.232. The lowest BCUT2D eigenvalue weighted by Crippen LogP contribution is -2.27. The van der Waals surface area contributed by atoms with Crippen molar-refractivity contribution < 1.29 is 23.8 Å². The fourth-order valence-electron chi connectivity index (χ4n) is 2.55. The number of carbonyl (C=O) groups is 2. The third-order valence-corrected chi connectivity index (χ3v) is 4.98. The van der Waals surface area contributed by atoms with Crippen LogP contribution in [0.1, 0.15) is 16.8 Å². The SMILES string of the molecule is COCCCNC(=O)c1ccccc1NC(=O)CSc1ccc(OC)c(OC)c1. The van der Waals surface area contributed by atoms with E-state index in [0.29, 0.717) is 35.9 Å². The van der Waals surface area contributed by atoms with E-state index < -0.39 is 0 Å². The molecule has 0 saturated heterocycles. The molecule has 0 aliphatic carbocycles. The van der Waals surface area contributed by atoms with Crippen LogP contribution >= 0.6 is 11.8 Å². The molecule has 0 radical (unpaired) electrons. The first-order valence-corrected chi connectivity index (χ1v) is 10.1. The molecule has 0 heterocycles. The maximum absolute atomic E-state index is 12.4. The molecule has 2 aromatic rings. The molecule has 0 bridgehead atoms. The second-order valence-corrected chi connectivity index (χ2v) is 7.05. The van der Waals surface area contributed by atoms with Gasteiger partial charge in [0.25, 0.3) is 5.91 Å². The molecular formula is C21H26N2O5S. The molecule has 29 heavy (non-hydrogen) atoms. The van der Waals surface area contributed by atoms with E-state index in [2.05, 4.69) is 10.6 Å².